The van der Waals surface area contributed by atoms with Crippen LogP contribution in [0.15, 0.2) is 53.0 Å². The Morgan fingerprint density at radius 1 is 1.12 bits per heavy atom. The monoisotopic (exact) mass is 293 g/mol. The summed E-state index contributed by atoms with van der Waals surface area (Å²) in [7, 11) is 0. The largest absolute Gasteiger partial charge is 0.376 e. The van der Waals surface area contributed by atoms with Gasteiger partial charge in [-0.15, -0.1) is 0 Å². The molecule has 2 aromatic rings. The highest BCUT2D eigenvalue weighted by Crippen LogP contribution is 2.24. The second-order valence-corrected chi connectivity index (χ2v) is 4.82. The fourth-order valence-electron chi connectivity index (χ4n) is 1.67. The Balaban J connectivity index is 2.18. The molecule has 0 spiro atoms. The van der Waals surface area contributed by atoms with Gasteiger partial charge in [0.15, 0.2) is 0 Å². The Morgan fingerprint density at radius 3 is 2.53 bits per heavy atom. The lowest BCUT2D eigenvalue weighted by atomic mass is 10.1. The summed E-state index contributed by atoms with van der Waals surface area (Å²) in [4.78, 5) is 0. The van der Waals surface area contributed by atoms with Crippen LogP contribution in [0.5, 0.6) is 0 Å². The van der Waals surface area contributed by atoms with Crippen LogP contribution in [-0.2, 0) is 0 Å². The number of nitrogens with one attached hydrogen (secondary N) is 1. The third-order valence-corrected chi connectivity index (χ3v) is 3.09. The second kappa shape index (κ2) is 5.32. The average Bonchev–Trinajstić information content (AvgIpc) is 2.35. The van der Waals surface area contributed by atoms with Crippen molar-refractivity contribution in [2.24, 2.45) is 0 Å². The summed E-state index contributed by atoms with van der Waals surface area (Å²) in [6, 6.07) is 14.9. The quantitative estimate of drug-likeness (QED) is 0.860. The standard InChI is InChI=1S/C14H13BrFN/c1-10(11-5-3-2-4-6-11)17-14-9-12(15)7-8-13(14)16/h2-10,17H,1H3. The van der Waals surface area contributed by atoms with Gasteiger partial charge in [-0.25, -0.2) is 4.39 Å². The number of hydrogen-bond donors (Lipinski definition) is 1. The highest BCUT2D eigenvalue weighted by atomic mass is 79.9. The van der Waals surface area contributed by atoms with Gasteiger partial charge in [-0.2, -0.15) is 0 Å². The maximum absolute atomic E-state index is 13.6. The van der Waals surface area contributed by atoms with E-state index in [4.69, 9.17) is 0 Å². The van der Waals surface area contributed by atoms with Crippen LogP contribution in [0.25, 0.3) is 0 Å². The van der Waals surface area contributed by atoms with Crippen molar-refractivity contribution >= 4 is 21.6 Å². The SMILES string of the molecule is CC(Nc1cc(Br)ccc1F)c1ccccc1. The van der Waals surface area contributed by atoms with Crippen molar-refractivity contribution < 1.29 is 4.39 Å². The van der Waals surface area contributed by atoms with Crippen LogP contribution in [0.1, 0.15) is 18.5 Å². The van der Waals surface area contributed by atoms with Gasteiger partial charge in [-0.05, 0) is 30.7 Å². The van der Waals surface area contributed by atoms with Gasteiger partial charge in [0, 0.05) is 10.5 Å². The molecule has 0 bridgehead atoms. The predicted molar refractivity (Wildman–Crippen MR) is 72.6 cm³/mol. The minimum Gasteiger partial charge on any atom is -0.376 e. The molecule has 1 unspecified atom stereocenters. The molecule has 1 N–H and O–H groups in total. The molecule has 0 aromatic heterocycles. The number of anilines is 1. The van der Waals surface area contributed by atoms with Crippen molar-refractivity contribution in [3.63, 3.8) is 0 Å². The Labute approximate surface area is 109 Å². The van der Waals surface area contributed by atoms with Gasteiger partial charge in [-0.3, -0.25) is 0 Å². The minimum absolute atomic E-state index is 0.0694. The maximum atomic E-state index is 13.6. The minimum atomic E-state index is -0.240. The molecule has 88 valence electrons. The van der Waals surface area contributed by atoms with Gasteiger partial charge in [0.1, 0.15) is 5.82 Å². The fourth-order valence-corrected chi connectivity index (χ4v) is 2.03. The van der Waals surface area contributed by atoms with E-state index in [1.165, 1.54) is 6.07 Å². The zero-order chi connectivity index (χ0) is 12.3. The van der Waals surface area contributed by atoms with Crippen molar-refractivity contribution in [2.75, 3.05) is 5.32 Å². The molecule has 0 fully saturated rings. The molecule has 2 rings (SSSR count). The molecule has 0 aliphatic carbocycles. The Morgan fingerprint density at radius 2 is 1.82 bits per heavy atom. The number of benzene rings is 2. The molecule has 0 aliphatic rings. The lowest BCUT2D eigenvalue weighted by Gasteiger charge is -2.16. The van der Waals surface area contributed by atoms with Gasteiger partial charge in [0.2, 0.25) is 0 Å². The molecule has 0 saturated heterocycles. The zero-order valence-corrected chi connectivity index (χ0v) is 11.0. The average molecular weight is 294 g/mol. The molecule has 0 heterocycles. The van der Waals surface area contributed by atoms with Crippen LogP contribution in [0.4, 0.5) is 10.1 Å². The van der Waals surface area contributed by atoms with Crippen molar-refractivity contribution in [2.45, 2.75) is 13.0 Å². The van der Waals surface area contributed by atoms with Crippen molar-refractivity contribution in [1.29, 1.82) is 0 Å². The van der Waals surface area contributed by atoms with E-state index in [1.807, 2.05) is 37.3 Å². The fraction of sp³-hybridized carbons (Fsp3) is 0.143. The molecular formula is C14H13BrFN. The van der Waals surface area contributed by atoms with Crippen molar-refractivity contribution in [3.05, 3.63) is 64.4 Å². The van der Waals surface area contributed by atoms with Crippen molar-refractivity contribution in [3.8, 4) is 0 Å². The van der Waals surface area contributed by atoms with Crippen LogP contribution < -0.4 is 5.32 Å². The van der Waals surface area contributed by atoms with Crippen LogP contribution >= 0.6 is 15.9 Å². The first-order chi connectivity index (χ1) is 8.16. The normalized spacial score (nSPS) is 12.2. The molecule has 17 heavy (non-hydrogen) atoms. The van der Waals surface area contributed by atoms with Gasteiger partial charge in [-0.1, -0.05) is 46.3 Å². The molecule has 0 amide bonds. The van der Waals surface area contributed by atoms with E-state index >= 15 is 0 Å². The van der Waals surface area contributed by atoms with E-state index in [2.05, 4.69) is 21.2 Å². The summed E-state index contributed by atoms with van der Waals surface area (Å²) in [6.07, 6.45) is 0. The van der Waals surface area contributed by atoms with Crippen LogP contribution in [0.2, 0.25) is 0 Å². The lowest BCUT2D eigenvalue weighted by molar-refractivity contribution is 0.627. The molecule has 1 atom stereocenters. The first-order valence-corrected chi connectivity index (χ1v) is 6.22. The van der Waals surface area contributed by atoms with Gasteiger partial charge >= 0.3 is 0 Å². The van der Waals surface area contributed by atoms with Crippen LogP contribution in [0, 0.1) is 5.82 Å². The van der Waals surface area contributed by atoms with Crippen LogP contribution in [0.3, 0.4) is 0 Å². The van der Waals surface area contributed by atoms with E-state index < -0.39 is 0 Å². The summed E-state index contributed by atoms with van der Waals surface area (Å²) in [6.45, 7) is 2.01. The first kappa shape index (κ1) is 12.1. The van der Waals surface area contributed by atoms with E-state index in [0.29, 0.717) is 5.69 Å². The van der Waals surface area contributed by atoms with E-state index in [1.54, 1.807) is 12.1 Å². The molecule has 0 radical (unpaired) electrons. The molecular weight excluding hydrogens is 281 g/mol. The van der Waals surface area contributed by atoms with E-state index in [9.17, 15) is 4.39 Å². The second-order valence-electron chi connectivity index (χ2n) is 3.90. The Bertz CT molecular complexity index is 499. The molecule has 1 nitrogen and oxygen atoms in total. The Kier molecular flexibility index (Phi) is 3.79. The van der Waals surface area contributed by atoms with E-state index in [-0.39, 0.29) is 11.9 Å². The highest BCUT2D eigenvalue weighted by molar-refractivity contribution is 9.10. The first-order valence-electron chi connectivity index (χ1n) is 5.43. The Hall–Kier alpha value is -1.35. The molecule has 2 aromatic carbocycles. The summed E-state index contributed by atoms with van der Waals surface area (Å²) >= 11 is 3.34. The number of hydrogen-bond acceptors (Lipinski definition) is 1. The maximum Gasteiger partial charge on any atom is 0.146 e. The zero-order valence-electron chi connectivity index (χ0n) is 9.45. The smallest absolute Gasteiger partial charge is 0.146 e. The van der Waals surface area contributed by atoms with Gasteiger partial charge < -0.3 is 5.32 Å². The van der Waals surface area contributed by atoms with Crippen LogP contribution in [-0.4, -0.2) is 0 Å². The summed E-state index contributed by atoms with van der Waals surface area (Å²) in [5.41, 5.74) is 1.64. The summed E-state index contributed by atoms with van der Waals surface area (Å²) in [5.74, 6) is -0.240. The van der Waals surface area contributed by atoms with Crippen molar-refractivity contribution in [1.82, 2.24) is 0 Å². The van der Waals surface area contributed by atoms with Gasteiger partial charge in [0.05, 0.1) is 5.69 Å². The topological polar surface area (TPSA) is 12.0 Å². The number of halogens is 2. The molecule has 0 aliphatic heterocycles. The summed E-state index contributed by atoms with van der Waals surface area (Å²) in [5, 5.41) is 3.16. The molecule has 0 saturated carbocycles. The predicted octanol–water partition coefficient (Wildman–Crippen LogP) is 4.76. The molecule has 3 heteroatoms. The van der Waals surface area contributed by atoms with Gasteiger partial charge in [0.25, 0.3) is 0 Å². The summed E-state index contributed by atoms with van der Waals surface area (Å²) < 4.78 is 14.4. The third-order valence-electron chi connectivity index (χ3n) is 2.60. The third kappa shape index (κ3) is 3.07. The van der Waals surface area contributed by atoms with E-state index in [0.717, 1.165) is 10.0 Å². The highest BCUT2D eigenvalue weighted by Gasteiger charge is 2.08. The number of rotatable bonds is 3. The lowest BCUT2D eigenvalue weighted by Crippen LogP contribution is -2.07.